The highest BCUT2D eigenvalue weighted by atomic mass is 79.9. The van der Waals surface area contributed by atoms with Crippen LogP contribution in [0.4, 0.5) is 11.6 Å². The van der Waals surface area contributed by atoms with Gasteiger partial charge in [-0.1, -0.05) is 28.1 Å². The van der Waals surface area contributed by atoms with Gasteiger partial charge in [-0.2, -0.15) is 0 Å². The Hall–Kier alpha value is -2.87. The van der Waals surface area contributed by atoms with E-state index in [9.17, 15) is 4.79 Å². The number of amides is 1. The van der Waals surface area contributed by atoms with Gasteiger partial charge in [0.1, 0.15) is 13.2 Å². The lowest BCUT2D eigenvalue weighted by atomic mass is 10.1. The number of para-hydroxylation sites is 2. The number of aromatic nitrogens is 2. The van der Waals surface area contributed by atoms with Crippen LogP contribution in [0, 0.1) is 0 Å². The molecule has 2 aliphatic heterocycles. The van der Waals surface area contributed by atoms with Crippen molar-refractivity contribution >= 4 is 44.5 Å². The van der Waals surface area contributed by atoms with Gasteiger partial charge >= 0.3 is 0 Å². The molecule has 0 radical (unpaired) electrons. The van der Waals surface area contributed by atoms with Crippen molar-refractivity contribution in [2.45, 2.75) is 19.3 Å². The molecular formula is C22H21BrN4O3. The fourth-order valence-corrected chi connectivity index (χ4v) is 4.28. The molecule has 1 N–H and O–H groups in total. The smallest absolute Gasteiger partial charge is 0.230 e. The van der Waals surface area contributed by atoms with Gasteiger partial charge in [-0.05, 0) is 42.7 Å². The van der Waals surface area contributed by atoms with E-state index in [1.54, 1.807) is 0 Å². The predicted molar refractivity (Wildman–Crippen MR) is 118 cm³/mol. The Balaban J connectivity index is 1.42. The van der Waals surface area contributed by atoms with E-state index in [1.165, 1.54) is 0 Å². The normalized spacial score (nSPS) is 15.4. The van der Waals surface area contributed by atoms with E-state index in [0.717, 1.165) is 52.8 Å². The molecule has 30 heavy (non-hydrogen) atoms. The molecule has 8 heteroatoms. The number of nitrogens with one attached hydrogen (secondary N) is 1. The standard InChI is InChI=1S/C22H21BrN4O3/c23-15-13-19-18(29-9-10-30-19)11-14(15)12-20(28)26-21-22(27-7-3-4-8-27)25-17-6-2-1-5-16(17)24-21/h1-2,5-6,11,13H,3-4,7-10,12H2,(H,24,26,28). The zero-order valence-electron chi connectivity index (χ0n) is 16.4. The molecule has 0 aliphatic carbocycles. The largest absolute Gasteiger partial charge is 0.486 e. The molecule has 2 aliphatic rings. The van der Waals surface area contributed by atoms with Gasteiger partial charge in [0.15, 0.2) is 23.1 Å². The number of halogens is 1. The van der Waals surface area contributed by atoms with Crippen LogP contribution >= 0.6 is 15.9 Å². The van der Waals surface area contributed by atoms with E-state index in [1.807, 2.05) is 36.4 Å². The highest BCUT2D eigenvalue weighted by Gasteiger charge is 2.22. The zero-order valence-corrected chi connectivity index (χ0v) is 17.9. The molecule has 0 spiro atoms. The first-order valence-electron chi connectivity index (χ1n) is 10.1. The van der Waals surface area contributed by atoms with Crippen molar-refractivity contribution in [1.82, 2.24) is 9.97 Å². The van der Waals surface area contributed by atoms with Crippen LogP contribution in [0.5, 0.6) is 11.5 Å². The summed E-state index contributed by atoms with van der Waals surface area (Å²) in [6, 6.07) is 11.4. The van der Waals surface area contributed by atoms with Crippen LogP contribution in [0.25, 0.3) is 11.0 Å². The third kappa shape index (κ3) is 3.79. The molecule has 1 amide bonds. The Morgan fingerprint density at radius 2 is 1.70 bits per heavy atom. The van der Waals surface area contributed by atoms with Crippen molar-refractivity contribution in [3.05, 3.63) is 46.4 Å². The molecule has 1 aromatic heterocycles. The molecule has 0 bridgehead atoms. The SMILES string of the molecule is O=C(Cc1cc2c(cc1Br)OCCO2)Nc1nc2ccccc2nc1N1CCCC1. The average Bonchev–Trinajstić information content (AvgIpc) is 3.28. The third-order valence-corrected chi connectivity index (χ3v) is 6.02. The molecule has 3 aromatic rings. The summed E-state index contributed by atoms with van der Waals surface area (Å²) in [4.78, 5) is 24.6. The van der Waals surface area contributed by atoms with E-state index in [4.69, 9.17) is 19.4 Å². The fourth-order valence-electron chi connectivity index (χ4n) is 3.81. The maximum Gasteiger partial charge on any atom is 0.230 e. The molecule has 0 saturated carbocycles. The summed E-state index contributed by atoms with van der Waals surface area (Å²) in [6.45, 7) is 2.87. The second-order valence-electron chi connectivity index (χ2n) is 7.39. The van der Waals surface area contributed by atoms with Crippen LogP contribution in [-0.4, -0.2) is 42.2 Å². The maximum atomic E-state index is 12.9. The van der Waals surface area contributed by atoms with Crippen molar-refractivity contribution < 1.29 is 14.3 Å². The summed E-state index contributed by atoms with van der Waals surface area (Å²) in [5.74, 6) is 2.44. The number of nitrogens with zero attached hydrogens (tertiary/aromatic N) is 3. The first-order valence-corrected chi connectivity index (χ1v) is 10.9. The number of ether oxygens (including phenoxy) is 2. The summed E-state index contributed by atoms with van der Waals surface area (Å²) >= 11 is 3.54. The van der Waals surface area contributed by atoms with E-state index < -0.39 is 0 Å². The molecule has 0 unspecified atom stereocenters. The lowest BCUT2D eigenvalue weighted by molar-refractivity contribution is -0.115. The molecular weight excluding hydrogens is 448 g/mol. The summed E-state index contributed by atoms with van der Waals surface area (Å²) in [6.07, 6.45) is 2.42. The molecule has 1 fully saturated rings. The van der Waals surface area contributed by atoms with Crippen LogP contribution in [-0.2, 0) is 11.2 Å². The van der Waals surface area contributed by atoms with Crippen molar-refractivity contribution in [3.63, 3.8) is 0 Å². The Morgan fingerprint density at radius 1 is 1.03 bits per heavy atom. The summed E-state index contributed by atoms with van der Waals surface area (Å²) in [5, 5.41) is 2.99. The van der Waals surface area contributed by atoms with E-state index in [0.29, 0.717) is 30.5 Å². The Labute approximate surface area is 182 Å². The van der Waals surface area contributed by atoms with E-state index in [2.05, 4.69) is 26.1 Å². The van der Waals surface area contributed by atoms with Gasteiger partial charge in [0, 0.05) is 17.6 Å². The Kier molecular flexibility index (Phi) is 5.16. The van der Waals surface area contributed by atoms with Gasteiger partial charge < -0.3 is 19.7 Å². The quantitative estimate of drug-likeness (QED) is 0.624. The van der Waals surface area contributed by atoms with E-state index in [-0.39, 0.29) is 12.3 Å². The van der Waals surface area contributed by atoms with Crippen LogP contribution in [0.2, 0.25) is 0 Å². The number of hydrogen-bond acceptors (Lipinski definition) is 6. The van der Waals surface area contributed by atoms with Crippen molar-refractivity contribution in [3.8, 4) is 11.5 Å². The molecule has 7 nitrogen and oxygen atoms in total. The third-order valence-electron chi connectivity index (χ3n) is 5.28. The van der Waals surface area contributed by atoms with Crippen molar-refractivity contribution in [2.75, 3.05) is 36.5 Å². The molecule has 2 aromatic carbocycles. The molecule has 5 rings (SSSR count). The summed E-state index contributed by atoms with van der Waals surface area (Å²) < 4.78 is 12.1. The second kappa shape index (κ2) is 8.10. The van der Waals surface area contributed by atoms with Crippen LogP contribution < -0.4 is 19.7 Å². The molecule has 1 saturated heterocycles. The first-order chi connectivity index (χ1) is 14.7. The van der Waals surface area contributed by atoms with Gasteiger partial charge in [-0.15, -0.1) is 0 Å². The zero-order chi connectivity index (χ0) is 20.5. The number of benzene rings is 2. The van der Waals surface area contributed by atoms with Crippen molar-refractivity contribution in [2.24, 2.45) is 0 Å². The minimum atomic E-state index is -0.155. The number of rotatable bonds is 4. The topological polar surface area (TPSA) is 76.6 Å². The summed E-state index contributed by atoms with van der Waals surface area (Å²) in [5.41, 5.74) is 2.41. The molecule has 3 heterocycles. The van der Waals surface area contributed by atoms with Crippen molar-refractivity contribution in [1.29, 1.82) is 0 Å². The number of anilines is 2. The summed E-state index contributed by atoms with van der Waals surface area (Å²) in [7, 11) is 0. The predicted octanol–water partition coefficient (Wildman–Crippen LogP) is 3.94. The molecule has 0 atom stereocenters. The monoisotopic (exact) mass is 468 g/mol. The lowest BCUT2D eigenvalue weighted by Gasteiger charge is -2.21. The van der Waals surface area contributed by atoms with Gasteiger partial charge in [0.25, 0.3) is 0 Å². The number of carbonyl (C=O) groups is 1. The number of carbonyl (C=O) groups excluding carboxylic acids is 1. The fraction of sp³-hybridized carbons (Fsp3) is 0.318. The Bertz CT molecular complexity index is 1110. The van der Waals surface area contributed by atoms with Gasteiger partial charge in [-0.25, -0.2) is 9.97 Å². The average molecular weight is 469 g/mol. The maximum absolute atomic E-state index is 12.9. The minimum Gasteiger partial charge on any atom is -0.486 e. The first kappa shape index (κ1) is 19.1. The second-order valence-corrected chi connectivity index (χ2v) is 8.25. The van der Waals surface area contributed by atoms with Crippen LogP contribution in [0.1, 0.15) is 18.4 Å². The van der Waals surface area contributed by atoms with Gasteiger partial charge in [0.2, 0.25) is 5.91 Å². The highest BCUT2D eigenvalue weighted by molar-refractivity contribution is 9.10. The molecule has 154 valence electrons. The highest BCUT2D eigenvalue weighted by Crippen LogP contribution is 2.36. The van der Waals surface area contributed by atoms with Gasteiger partial charge in [-0.3, -0.25) is 4.79 Å². The lowest BCUT2D eigenvalue weighted by Crippen LogP contribution is -2.24. The van der Waals surface area contributed by atoms with Crippen LogP contribution in [0.15, 0.2) is 40.9 Å². The minimum absolute atomic E-state index is 0.155. The number of hydrogen-bond donors (Lipinski definition) is 1. The Morgan fingerprint density at radius 3 is 2.43 bits per heavy atom. The van der Waals surface area contributed by atoms with Gasteiger partial charge in [0.05, 0.1) is 17.5 Å². The number of fused-ring (bicyclic) bond motifs is 2. The van der Waals surface area contributed by atoms with Crippen LogP contribution in [0.3, 0.4) is 0 Å². The van der Waals surface area contributed by atoms with E-state index >= 15 is 0 Å².